The molecule has 1 unspecified atom stereocenters. The lowest BCUT2D eigenvalue weighted by atomic mass is 9.86. The fourth-order valence-corrected chi connectivity index (χ4v) is 4.23. The van der Waals surface area contributed by atoms with Gasteiger partial charge in [0.15, 0.2) is 0 Å². The summed E-state index contributed by atoms with van der Waals surface area (Å²) in [5, 5.41) is 12.3. The lowest BCUT2D eigenvalue weighted by Gasteiger charge is -2.44. The largest absolute Gasteiger partial charge is 0.478 e. The molecule has 3 aliphatic rings. The number of carboxylic acids is 1. The zero-order valence-corrected chi connectivity index (χ0v) is 16.3. The first-order valence-electron chi connectivity index (χ1n) is 10.1. The summed E-state index contributed by atoms with van der Waals surface area (Å²) in [5.74, 6) is -0.742. The lowest BCUT2D eigenvalue weighted by Crippen LogP contribution is -2.52. The Labute approximate surface area is 170 Å². The van der Waals surface area contributed by atoms with Crippen LogP contribution in [0.1, 0.15) is 40.4 Å². The highest BCUT2D eigenvalue weighted by molar-refractivity contribution is 5.87. The molecule has 2 aromatic carbocycles. The fourth-order valence-electron chi connectivity index (χ4n) is 4.23. The minimum Gasteiger partial charge on any atom is -0.478 e. The molecule has 6 heteroatoms. The van der Waals surface area contributed by atoms with E-state index < -0.39 is 12.0 Å². The number of carbonyl (C=O) groups excluding carboxylic acids is 1. The van der Waals surface area contributed by atoms with E-state index in [-0.39, 0.29) is 17.6 Å². The average Bonchev–Trinajstić information content (AvgIpc) is 2.76. The lowest BCUT2D eigenvalue weighted by molar-refractivity contribution is -0.161. The van der Waals surface area contributed by atoms with Gasteiger partial charge in [0.05, 0.1) is 5.56 Å². The van der Waals surface area contributed by atoms with Gasteiger partial charge in [0.2, 0.25) is 0 Å². The van der Waals surface area contributed by atoms with Crippen LogP contribution in [0.2, 0.25) is 0 Å². The topological polar surface area (TPSA) is 78.9 Å². The van der Waals surface area contributed by atoms with Crippen LogP contribution in [-0.4, -0.2) is 47.7 Å². The zero-order valence-electron chi connectivity index (χ0n) is 16.3. The molecule has 2 aromatic rings. The number of carboxylic acid groups (broad SMARTS) is 1. The number of hydrogen-bond acceptors (Lipinski definition) is 5. The van der Waals surface area contributed by atoms with Crippen molar-refractivity contribution in [3.63, 3.8) is 0 Å². The molecule has 3 fully saturated rings. The van der Waals surface area contributed by atoms with Crippen molar-refractivity contribution >= 4 is 11.9 Å². The first-order chi connectivity index (χ1) is 14.1. The van der Waals surface area contributed by atoms with Crippen molar-refractivity contribution in [3.8, 4) is 0 Å². The van der Waals surface area contributed by atoms with Gasteiger partial charge >= 0.3 is 11.9 Å². The smallest absolute Gasteiger partial charge is 0.335 e. The summed E-state index contributed by atoms with van der Waals surface area (Å²) in [6, 6.07) is 15.7. The van der Waals surface area contributed by atoms with Gasteiger partial charge in [-0.05, 0) is 55.1 Å². The van der Waals surface area contributed by atoms with E-state index in [1.807, 2.05) is 30.3 Å². The number of hydrogen-bond donors (Lipinski definition) is 2. The predicted octanol–water partition coefficient (Wildman–Crippen LogP) is 2.85. The first-order valence-corrected chi connectivity index (χ1v) is 10.1. The van der Waals surface area contributed by atoms with Gasteiger partial charge in [0.1, 0.15) is 12.1 Å². The molecule has 29 heavy (non-hydrogen) atoms. The molecular formula is C23H26N2O4. The molecule has 0 saturated carbocycles. The second-order valence-electron chi connectivity index (χ2n) is 7.84. The molecule has 0 spiro atoms. The summed E-state index contributed by atoms with van der Waals surface area (Å²) in [6.45, 7) is 3.47. The number of piperidine rings is 3. The molecule has 152 valence electrons. The van der Waals surface area contributed by atoms with Gasteiger partial charge < -0.3 is 9.84 Å². The number of nitrogens with zero attached hydrogens (tertiary/aromatic N) is 1. The van der Waals surface area contributed by atoms with Crippen molar-refractivity contribution < 1.29 is 19.4 Å². The summed E-state index contributed by atoms with van der Waals surface area (Å²) in [4.78, 5) is 26.5. The van der Waals surface area contributed by atoms with Crippen LogP contribution in [0.4, 0.5) is 0 Å². The average molecular weight is 394 g/mol. The van der Waals surface area contributed by atoms with E-state index in [1.54, 1.807) is 24.3 Å². The summed E-state index contributed by atoms with van der Waals surface area (Å²) >= 11 is 0. The van der Waals surface area contributed by atoms with E-state index in [0.29, 0.717) is 12.5 Å². The SMILES string of the molecule is O=C(O)c1ccc(CNC(C(=O)O[C@H]2CN3CCC2CC3)c2ccccc2)cc1. The second kappa shape index (κ2) is 8.76. The number of benzene rings is 2. The first kappa shape index (κ1) is 19.6. The minimum atomic E-state index is -0.951. The molecule has 6 nitrogen and oxygen atoms in total. The van der Waals surface area contributed by atoms with E-state index in [0.717, 1.165) is 43.6 Å². The third-order valence-electron chi connectivity index (χ3n) is 5.94. The standard InChI is InChI=1S/C23H26N2O4/c26-22(27)19-8-6-16(7-9-19)14-24-21(18-4-2-1-3-5-18)23(28)29-20-15-25-12-10-17(20)11-13-25/h1-9,17,20-21,24H,10-15H2,(H,26,27)/t20-,21?/m0/s1. The number of fused-ring (bicyclic) bond motifs is 3. The molecule has 2 bridgehead atoms. The zero-order chi connectivity index (χ0) is 20.2. The monoisotopic (exact) mass is 394 g/mol. The van der Waals surface area contributed by atoms with E-state index in [1.165, 1.54) is 0 Å². The maximum atomic E-state index is 13.1. The van der Waals surface area contributed by atoms with Crippen LogP contribution in [0, 0.1) is 5.92 Å². The molecule has 3 heterocycles. The van der Waals surface area contributed by atoms with Crippen LogP contribution in [0.3, 0.4) is 0 Å². The summed E-state index contributed by atoms with van der Waals surface area (Å²) in [7, 11) is 0. The van der Waals surface area contributed by atoms with Gasteiger partial charge in [-0.25, -0.2) is 9.59 Å². The molecule has 2 N–H and O–H groups in total. The molecule has 5 rings (SSSR count). The van der Waals surface area contributed by atoms with E-state index >= 15 is 0 Å². The Kier molecular flexibility index (Phi) is 5.92. The van der Waals surface area contributed by atoms with E-state index in [9.17, 15) is 9.59 Å². The van der Waals surface area contributed by atoms with E-state index in [4.69, 9.17) is 9.84 Å². The number of nitrogens with one attached hydrogen (secondary N) is 1. The van der Waals surface area contributed by atoms with Gasteiger partial charge in [-0.1, -0.05) is 42.5 Å². The van der Waals surface area contributed by atoms with Crippen LogP contribution in [0.25, 0.3) is 0 Å². The minimum absolute atomic E-state index is 0.0344. The van der Waals surface area contributed by atoms with Gasteiger partial charge in [0, 0.05) is 13.1 Å². The Hall–Kier alpha value is -2.70. The van der Waals surface area contributed by atoms with Crippen LogP contribution >= 0.6 is 0 Å². The van der Waals surface area contributed by atoms with Gasteiger partial charge in [0.25, 0.3) is 0 Å². The third-order valence-corrected chi connectivity index (χ3v) is 5.94. The Morgan fingerprint density at radius 1 is 1.07 bits per heavy atom. The third kappa shape index (κ3) is 4.66. The Balaban J connectivity index is 1.45. The van der Waals surface area contributed by atoms with E-state index in [2.05, 4.69) is 10.2 Å². The van der Waals surface area contributed by atoms with Crippen molar-refractivity contribution in [3.05, 3.63) is 71.3 Å². The molecule has 3 aliphatic heterocycles. The number of aromatic carboxylic acids is 1. The van der Waals surface area contributed by atoms with Crippen LogP contribution in [0.15, 0.2) is 54.6 Å². The van der Waals surface area contributed by atoms with Crippen LogP contribution < -0.4 is 5.32 Å². The fraction of sp³-hybridized carbons (Fsp3) is 0.391. The highest BCUT2D eigenvalue weighted by Gasteiger charge is 2.37. The molecule has 2 atom stereocenters. The van der Waals surface area contributed by atoms with Crippen molar-refractivity contribution in [2.24, 2.45) is 5.92 Å². The van der Waals surface area contributed by atoms with Crippen molar-refractivity contribution in [1.82, 2.24) is 10.2 Å². The van der Waals surface area contributed by atoms with Crippen molar-refractivity contribution in [2.75, 3.05) is 19.6 Å². The van der Waals surface area contributed by atoms with Crippen LogP contribution in [0.5, 0.6) is 0 Å². The summed E-state index contributed by atoms with van der Waals surface area (Å²) in [6.07, 6.45) is 2.15. The maximum Gasteiger partial charge on any atom is 0.335 e. The van der Waals surface area contributed by atoms with Gasteiger partial charge in [-0.15, -0.1) is 0 Å². The normalized spacial score (nSPS) is 24.1. The predicted molar refractivity (Wildman–Crippen MR) is 108 cm³/mol. The maximum absolute atomic E-state index is 13.1. The second-order valence-corrected chi connectivity index (χ2v) is 7.84. The highest BCUT2D eigenvalue weighted by atomic mass is 16.5. The quantitative estimate of drug-likeness (QED) is 0.703. The summed E-state index contributed by atoms with van der Waals surface area (Å²) in [5.41, 5.74) is 2.02. The molecule has 0 amide bonds. The Bertz CT molecular complexity index is 845. The van der Waals surface area contributed by atoms with Crippen molar-refractivity contribution in [1.29, 1.82) is 0 Å². The van der Waals surface area contributed by atoms with Crippen molar-refractivity contribution in [2.45, 2.75) is 31.5 Å². The Morgan fingerprint density at radius 2 is 1.76 bits per heavy atom. The van der Waals surface area contributed by atoms with Gasteiger partial charge in [-0.2, -0.15) is 0 Å². The molecule has 0 radical (unpaired) electrons. The van der Waals surface area contributed by atoms with Crippen LogP contribution in [-0.2, 0) is 16.1 Å². The molecule has 0 aliphatic carbocycles. The number of esters is 1. The number of ether oxygens (including phenoxy) is 1. The molecule has 0 aromatic heterocycles. The summed E-state index contributed by atoms with van der Waals surface area (Å²) < 4.78 is 5.96. The molecule has 3 saturated heterocycles. The molecular weight excluding hydrogens is 368 g/mol. The Morgan fingerprint density at radius 3 is 2.34 bits per heavy atom. The highest BCUT2D eigenvalue weighted by Crippen LogP contribution is 2.30. The number of carbonyl (C=O) groups is 2. The van der Waals surface area contributed by atoms with Gasteiger partial charge in [-0.3, -0.25) is 10.2 Å². The number of rotatable bonds is 7.